The fourth-order valence-corrected chi connectivity index (χ4v) is 2.51. The quantitative estimate of drug-likeness (QED) is 0.789. The smallest absolute Gasteiger partial charge is 0.119 e. The van der Waals surface area contributed by atoms with E-state index in [0.29, 0.717) is 6.04 Å². The van der Waals surface area contributed by atoms with Crippen LogP contribution in [0.4, 0.5) is 0 Å². The third kappa shape index (κ3) is 4.54. The summed E-state index contributed by atoms with van der Waals surface area (Å²) < 4.78 is 5.66. The van der Waals surface area contributed by atoms with Crippen LogP contribution in [0.1, 0.15) is 58.1 Å². The lowest BCUT2D eigenvalue weighted by atomic mass is 9.83. The summed E-state index contributed by atoms with van der Waals surface area (Å²) in [6, 6.07) is 8.89. The maximum Gasteiger partial charge on any atom is 0.119 e. The Labute approximate surface area is 117 Å². The average Bonchev–Trinajstić information content (AvgIpc) is 2.32. The predicted molar refractivity (Wildman–Crippen MR) is 80.6 cm³/mol. The molecule has 0 amide bonds. The van der Waals surface area contributed by atoms with Crippen molar-refractivity contribution in [3.8, 4) is 5.75 Å². The second-order valence-corrected chi connectivity index (χ2v) is 6.00. The lowest BCUT2D eigenvalue weighted by molar-refractivity contribution is 0.242. The first-order valence-corrected chi connectivity index (χ1v) is 7.65. The highest BCUT2D eigenvalue weighted by atomic mass is 16.5. The Balaban J connectivity index is 1.76. The van der Waals surface area contributed by atoms with Gasteiger partial charge in [-0.2, -0.15) is 0 Å². The number of hydrogen-bond donors (Lipinski definition) is 1. The molecule has 1 atom stereocenters. The lowest BCUT2D eigenvalue weighted by Crippen LogP contribution is -2.24. The van der Waals surface area contributed by atoms with Crippen molar-refractivity contribution in [1.29, 1.82) is 0 Å². The third-order valence-electron chi connectivity index (χ3n) is 3.98. The summed E-state index contributed by atoms with van der Waals surface area (Å²) in [4.78, 5) is 0. The molecule has 2 nitrogen and oxygen atoms in total. The van der Waals surface area contributed by atoms with Crippen molar-refractivity contribution in [1.82, 2.24) is 5.32 Å². The highest BCUT2D eigenvalue weighted by molar-refractivity contribution is 5.29. The molecule has 0 aliphatic heterocycles. The maximum absolute atomic E-state index is 5.66. The highest BCUT2D eigenvalue weighted by Crippen LogP contribution is 2.29. The van der Waals surface area contributed by atoms with Gasteiger partial charge in [-0.25, -0.2) is 0 Å². The minimum Gasteiger partial charge on any atom is -0.491 e. The normalized spacial score (nSPS) is 17.3. The Morgan fingerprint density at radius 2 is 1.84 bits per heavy atom. The van der Waals surface area contributed by atoms with Crippen LogP contribution < -0.4 is 10.1 Å². The van der Waals surface area contributed by atoms with Gasteiger partial charge in [-0.15, -0.1) is 0 Å². The van der Waals surface area contributed by atoms with Crippen LogP contribution in [0.2, 0.25) is 0 Å². The Morgan fingerprint density at radius 3 is 2.37 bits per heavy atom. The summed E-state index contributed by atoms with van der Waals surface area (Å²) in [5.41, 5.74) is 1.34. The lowest BCUT2D eigenvalue weighted by Gasteiger charge is -2.26. The third-order valence-corrected chi connectivity index (χ3v) is 3.98. The molecule has 1 aliphatic carbocycles. The molecule has 0 heterocycles. The van der Waals surface area contributed by atoms with Gasteiger partial charge in [-0.3, -0.25) is 0 Å². The van der Waals surface area contributed by atoms with E-state index in [4.69, 9.17) is 4.74 Å². The van der Waals surface area contributed by atoms with Crippen LogP contribution in [-0.4, -0.2) is 12.6 Å². The van der Waals surface area contributed by atoms with Gasteiger partial charge in [0.15, 0.2) is 0 Å². The van der Waals surface area contributed by atoms with Crippen molar-refractivity contribution in [2.45, 2.75) is 58.6 Å². The summed E-state index contributed by atoms with van der Waals surface area (Å²) in [7, 11) is 0. The molecular formula is C17H27NO. The fraction of sp³-hybridized carbons (Fsp3) is 0.647. The first-order chi connectivity index (χ1) is 9.15. The summed E-state index contributed by atoms with van der Waals surface area (Å²) >= 11 is 0. The maximum atomic E-state index is 5.66. The van der Waals surface area contributed by atoms with Crippen LogP contribution in [0.5, 0.6) is 5.75 Å². The zero-order valence-corrected chi connectivity index (χ0v) is 12.5. The van der Waals surface area contributed by atoms with E-state index in [1.807, 2.05) is 0 Å². The van der Waals surface area contributed by atoms with Gasteiger partial charge in [-0.1, -0.05) is 31.4 Å². The molecule has 0 radical (unpaired) electrons. The van der Waals surface area contributed by atoms with Gasteiger partial charge in [0, 0.05) is 6.04 Å². The Morgan fingerprint density at radius 1 is 1.16 bits per heavy atom. The van der Waals surface area contributed by atoms with E-state index in [1.165, 1.54) is 31.2 Å². The van der Waals surface area contributed by atoms with Crippen molar-refractivity contribution >= 4 is 0 Å². The molecule has 106 valence electrons. The molecular weight excluding hydrogens is 234 g/mol. The standard InChI is InChI=1S/C17H27NO/c1-13(2)19-17-9-7-16(8-10-17)14(3)18-12-11-15-5-4-6-15/h7-10,13-15,18H,4-6,11-12H2,1-3H3. The van der Waals surface area contributed by atoms with Crippen molar-refractivity contribution in [3.63, 3.8) is 0 Å². The van der Waals surface area contributed by atoms with Crippen molar-refractivity contribution < 1.29 is 4.74 Å². The van der Waals surface area contributed by atoms with E-state index in [0.717, 1.165) is 18.2 Å². The van der Waals surface area contributed by atoms with Gasteiger partial charge in [0.1, 0.15) is 5.75 Å². The molecule has 0 spiro atoms. The van der Waals surface area contributed by atoms with Gasteiger partial charge in [0.05, 0.1) is 6.10 Å². The minimum atomic E-state index is 0.240. The van der Waals surface area contributed by atoms with E-state index >= 15 is 0 Å². The van der Waals surface area contributed by atoms with Gasteiger partial charge in [0.25, 0.3) is 0 Å². The molecule has 0 aromatic heterocycles. The molecule has 1 aliphatic rings. The van der Waals surface area contributed by atoms with Crippen LogP contribution in [-0.2, 0) is 0 Å². The van der Waals surface area contributed by atoms with Crippen molar-refractivity contribution in [2.24, 2.45) is 5.92 Å². The van der Waals surface area contributed by atoms with E-state index in [1.54, 1.807) is 0 Å². The number of benzene rings is 1. The first kappa shape index (κ1) is 14.4. The Hall–Kier alpha value is -1.02. The molecule has 1 N–H and O–H groups in total. The molecule has 0 saturated heterocycles. The molecule has 1 aromatic rings. The monoisotopic (exact) mass is 261 g/mol. The van der Waals surface area contributed by atoms with Crippen LogP contribution >= 0.6 is 0 Å². The fourth-order valence-electron chi connectivity index (χ4n) is 2.51. The van der Waals surface area contributed by atoms with E-state index in [9.17, 15) is 0 Å². The van der Waals surface area contributed by atoms with Crippen LogP contribution in [0.25, 0.3) is 0 Å². The number of hydrogen-bond acceptors (Lipinski definition) is 2. The topological polar surface area (TPSA) is 21.3 Å². The summed E-state index contributed by atoms with van der Waals surface area (Å²) in [5, 5.41) is 3.62. The molecule has 19 heavy (non-hydrogen) atoms. The van der Waals surface area contributed by atoms with Gasteiger partial charge >= 0.3 is 0 Å². The number of ether oxygens (including phenoxy) is 1. The second-order valence-electron chi connectivity index (χ2n) is 6.00. The first-order valence-electron chi connectivity index (χ1n) is 7.65. The Kier molecular flexibility index (Phi) is 5.26. The van der Waals surface area contributed by atoms with Crippen LogP contribution in [0.3, 0.4) is 0 Å². The molecule has 1 unspecified atom stereocenters. The molecule has 0 bridgehead atoms. The van der Waals surface area contributed by atoms with Gasteiger partial charge in [0.2, 0.25) is 0 Å². The SMILES string of the molecule is CC(C)Oc1ccc(C(C)NCCC2CCC2)cc1. The molecule has 1 fully saturated rings. The molecule has 2 rings (SSSR count). The summed E-state index contributed by atoms with van der Waals surface area (Å²) in [6.07, 6.45) is 5.90. The van der Waals surface area contributed by atoms with E-state index in [2.05, 4.69) is 50.4 Å². The van der Waals surface area contributed by atoms with E-state index < -0.39 is 0 Å². The van der Waals surface area contributed by atoms with E-state index in [-0.39, 0.29) is 6.10 Å². The zero-order valence-electron chi connectivity index (χ0n) is 12.5. The minimum absolute atomic E-state index is 0.240. The van der Waals surface area contributed by atoms with Crippen molar-refractivity contribution in [2.75, 3.05) is 6.54 Å². The predicted octanol–water partition coefficient (Wildman–Crippen LogP) is 4.31. The largest absolute Gasteiger partial charge is 0.491 e. The zero-order chi connectivity index (χ0) is 13.7. The molecule has 1 aromatic carbocycles. The molecule has 1 saturated carbocycles. The van der Waals surface area contributed by atoms with Crippen molar-refractivity contribution in [3.05, 3.63) is 29.8 Å². The summed E-state index contributed by atoms with van der Waals surface area (Å²) in [6.45, 7) is 7.48. The number of rotatable bonds is 7. The van der Waals surface area contributed by atoms with Gasteiger partial charge in [-0.05, 0) is 57.4 Å². The van der Waals surface area contributed by atoms with Crippen LogP contribution in [0, 0.1) is 5.92 Å². The second kappa shape index (κ2) is 6.95. The molecule has 2 heteroatoms. The van der Waals surface area contributed by atoms with Crippen LogP contribution in [0.15, 0.2) is 24.3 Å². The number of nitrogens with one attached hydrogen (secondary N) is 1. The summed E-state index contributed by atoms with van der Waals surface area (Å²) in [5.74, 6) is 1.95. The average molecular weight is 261 g/mol. The highest BCUT2D eigenvalue weighted by Gasteiger charge is 2.16. The van der Waals surface area contributed by atoms with Gasteiger partial charge < -0.3 is 10.1 Å². The Bertz CT molecular complexity index is 367.